The van der Waals surface area contributed by atoms with Crippen LogP contribution in [-0.2, 0) is 16.6 Å². The first-order valence-corrected chi connectivity index (χ1v) is 9.66. The Morgan fingerprint density at radius 2 is 2.08 bits per heavy atom. The van der Waals surface area contributed by atoms with Gasteiger partial charge in [0.1, 0.15) is 23.1 Å². The SMILES string of the molecule is O=S(=O)(Nc1ccc(F)cc1Cl)c1cc(Br)cc2c1OCCNC2. The van der Waals surface area contributed by atoms with E-state index in [0.717, 1.165) is 17.7 Å². The van der Waals surface area contributed by atoms with Gasteiger partial charge in [-0.2, -0.15) is 0 Å². The second-order valence-electron chi connectivity index (χ2n) is 5.15. The van der Waals surface area contributed by atoms with Crippen LogP contribution in [0.4, 0.5) is 10.1 Å². The molecule has 128 valence electrons. The summed E-state index contributed by atoms with van der Waals surface area (Å²) in [6.45, 7) is 1.46. The van der Waals surface area contributed by atoms with Crippen LogP contribution < -0.4 is 14.8 Å². The molecule has 1 heterocycles. The molecule has 5 nitrogen and oxygen atoms in total. The Labute approximate surface area is 152 Å². The molecule has 2 aromatic rings. The first-order chi connectivity index (χ1) is 11.4. The van der Waals surface area contributed by atoms with Crippen molar-refractivity contribution in [1.29, 1.82) is 0 Å². The van der Waals surface area contributed by atoms with E-state index in [-0.39, 0.29) is 15.6 Å². The molecule has 0 aromatic heterocycles. The van der Waals surface area contributed by atoms with Gasteiger partial charge in [-0.1, -0.05) is 27.5 Å². The van der Waals surface area contributed by atoms with Gasteiger partial charge >= 0.3 is 0 Å². The van der Waals surface area contributed by atoms with Crippen LogP contribution in [0.3, 0.4) is 0 Å². The number of hydrogen-bond donors (Lipinski definition) is 2. The molecule has 0 saturated carbocycles. The van der Waals surface area contributed by atoms with E-state index in [1.165, 1.54) is 12.1 Å². The molecule has 0 atom stereocenters. The van der Waals surface area contributed by atoms with Gasteiger partial charge < -0.3 is 10.1 Å². The number of sulfonamides is 1. The van der Waals surface area contributed by atoms with Crippen LogP contribution in [0.1, 0.15) is 5.56 Å². The summed E-state index contributed by atoms with van der Waals surface area (Å²) in [7, 11) is -3.97. The first-order valence-electron chi connectivity index (χ1n) is 7.00. The molecule has 3 rings (SSSR count). The molecule has 0 saturated heterocycles. The van der Waals surface area contributed by atoms with E-state index in [9.17, 15) is 12.8 Å². The summed E-state index contributed by atoms with van der Waals surface area (Å²) < 4.78 is 47.3. The van der Waals surface area contributed by atoms with E-state index in [0.29, 0.717) is 29.9 Å². The van der Waals surface area contributed by atoms with Crippen LogP contribution in [0.25, 0.3) is 0 Å². The molecule has 0 bridgehead atoms. The molecule has 0 radical (unpaired) electrons. The summed E-state index contributed by atoms with van der Waals surface area (Å²) >= 11 is 9.22. The van der Waals surface area contributed by atoms with Crippen LogP contribution in [0.15, 0.2) is 39.7 Å². The smallest absolute Gasteiger partial charge is 0.265 e. The van der Waals surface area contributed by atoms with E-state index in [1.807, 2.05) is 0 Å². The Bertz CT molecular complexity index is 893. The summed E-state index contributed by atoms with van der Waals surface area (Å²) in [4.78, 5) is -0.00373. The Hall–Kier alpha value is -1.35. The van der Waals surface area contributed by atoms with Crippen molar-refractivity contribution in [3.05, 3.63) is 51.2 Å². The van der Waals surface area contributed by atoms with Gasteiger partial charge in [-0.05, 0) is 30.3 Å². The zero-order valence-corrected chi connectivity index (χ0v) is 15.4. The van der Waals surface area contributed by atoms with Crippen LogP contribution in [-0.4, -0.2) is 21.6 Å². The minimum Gasteiger partial charge on any atom is -0.490 e. The lowest BCUT2D eigenvalue weighted by Crippen LogP contribution is -2.16. The predicted molar refractivity (Wildman–Crippen MR) is 93.6 cm³/mol. The van der Waals surface area contributed by atoms with Gasteiger partial charge in [0.05, 0.1) is 10.7 Å². The standard InChI is InChI=1S/C15H13BrClFN2O3S/c16-10-5-9-8-19-3-4-23-15(9)14(6-10)24(21,22)20-13-2-1-11(18)7-12(13)17/h1-2,5-7,19-20H,3-4,8H2. The Morgan fingerprint density at radius 1 is 1.29 bits per heavy atom. The highest BCUT2D eigenvalue weighted by molar-refractivity contribution is 9.10. The fourth-order valence-electron chi connectivity index (χ4n) is 2.34. The average molecular weight is 436 g/mol. The van der Waals surface area contributed by atoms with Crippen LogP contribution >= 0.6 is 27.5 Å². The maximum atomic E-state index is 13.1. The molecule has 0 fully saturated rings. The fraction of sp³-hybridized carbons (Fsp3) is 0.200. The number of anilines is 1. The van der Waals surface area contributed by atoms with Gasteiger partial charge in [-0.25, -0.2) is 12.8 Å². The van der Waals surface area contributed by atoms with Crippen molar-refractivity contribution in [2.24, 2.45) is 0 Å². The molecule has 2 aromatic carbocycles. The molecule has 0 amide bonds. The lowest BCUT2D eigenvalue weighted by Gasteiger charge is -2.15. The fourth-order valence-corrected chi connectivity index (χ4v) is 4.56. The molecule has 1 aliphatic rings. The van der Waals surface area contributed by atoms with Gasteiger partial charge in [0, 0.05) is 23.1 Å². The third-order valence-corrected chi connectivity index (χ3v) is 5.54. The highest BCUT2D eigenvalue weighted by Crippen LogP contribution is 2.35. The molecular weight excluding hydrogens is 423 g/mol. The summed E-state index contributed by atoms with van der Waals surface area (Å²) in [5, 5.41) is 3.12. The van der Waals surface area contributed by atoms with Gasteiger partial charge in [0.15, 0.2) is 0 Å². The predicted octanol–water partition coefficient (Wildman–Crippen LogP) is 3.52. The highest BCUT2D eigenvalue weighted by atomic mass is 79.9. The molecule has 2 N–H and O–H groups in total. The number of halogens is 3. The monoisotopic (exact) mass is 434 g/mol. The summed E-state index contributed by atoms with van der Waals surface area (Å²) in [6, 6.07) is 6.71. The number of nitrogens with one attached hydrogen (secondary N) is 2. The van der Waals surface area contributed by atoms with Crippen molar-refractivity contribution >= 4 is 43.2 Å². The van der Waals surface area contributed by atoms with Gasteiger partial charge in [0.2, 0.25) is 0 Å². The number of benzene rings is 2. The van der Waals surface area contributed by atoms with Crippen LogP contribution in [0, 0.1) is 5.82 Å². The lowest BCUT2D eigenvalue weighted by molar-refractivity contribution is 0.318. The molecule has 0 spiro atoms. The maximum absolute atomic E-state index is 13.1. The van der Waals surface area contributed by atoms with Crippen molar-refractivity contribution in [2.75, 3.05) is 17.9 Å². The maximum Gasteiger partial charge on any atom is 0.265 e. The summed E-state index contributed by atoms with van der Waals surface area (Å²) in [5.41, 5.74) is 0.825. The molecule has 24 heavy (non-hydrogen) atoms. The largest absolute Gasteiger partial charge is 0.490 e. The third kappa shape index (κ3) is 3.66. The van der Waals surface area contributed by atoms with E-state index >= 15 is 0 Å². The molecular formula is C15H13BrClFN2O3S. The zero-order chi connectivity index (χ0) is 17.3. The molecule has 0 aliphatic carbocycles. The second kappa shape index (κ2) is 6.87. The van der Waals surface area contributed by atoms with Crippen molar-refractivity contribution in [3.63, 3.8) is 0 Å². The Morgan fingerprint density at radius 3 is 2.83 bits per heavy atom. The van der Waals surface area contributed by atoms with E-state index < -0.39 is 15.8 Å². The van der Waals surface area contributed by atoms with Crippen molar-refractivity contribution < 1.29 is 17.5 Å². The number of hydrogen-bond acceptors (Lipinski definition) is 4. The first kappa shape index (κ1) is 17.5. The van der Waals surface area contributed by atoms with Crippen LogP contribution in [0.5, 0.6) is 5.75 Å². The van der Waals surface area contributed by atoms with Crippen molar-refractivity contribution in [1.82, 2.24) is 5.32 Å². The summed E-state index contributed by atoms with van der Waals surface area (Å²) in [6.07, 6.45) is 0. The lowest BCUT2D eigenvalue weighted by atomic mass is 10.2. The van der Waals surface area contributed by atoms with Crippen molar-refractivity contribution in [2.45, 2.75) is 11.4 Å². The number of ether oxygens (including phenoxy) is 1. The van der Waals surface area contributed by atoms with Gasteiger partial charge in [0.25, 0.3) is 10.0 Å². The minimum atomic E-state index is -3.97. The topological polar surface area (TPSA) is 67.4 Å². The van der Waals surface area contributed by atoms with Crippen LogP contribution in [0.2, 0.25) is 5.02 Å². The zero-order valence-electron chi connectivity index (χ0n) is 12.3. The Balaban J connectivity index is 2.05. The van der Waals surface area contributed by atoms with Gasteiger partial charge in [-0.3, -0.25) is 4.72 Å². The Kier molecular flexibility index (Phi) is 5.00. The molecule has 0 unspecified atom stereocenters. The normalized spacial score (nSPS) is 14.5. The summed E-state index contributed by atoms with van der Waals surface area (Å²) in [5.74, 6) is -0.248. The number of fused-ring (bicyclic) bond motifs is 1. The van der Waals surface area contributed by atoms with Gasteiger partial charge in [-0.15, -0.1) is 0 Å². The minimum absolute atomic E-state index is 0.00373. The number of rotatable bonds is 3. The average Bonchev–Trinajstić information content (AvgIpc) is 2.74. The molecule has 1 aliphatic heterocycles. The quantitative estimate of drug-likeness (QED) is 0.774. The second-order valence-corrected chi connectivity index (χ2v) is 8.12. The highest BCUT2D eigenvalue weighted by Gasteiger charge is 2.25. The van der Waals surface area contributed by atoms with E-state index in [2.05, 4.69) is 26.0 Å². The van der Waals surface area contributed by atoms with E-state index in [4.69, 9.17) is 16.3 Å². The third-order valence-electron chi connectivity index (χ3n) is 3.40. The molecule has 9 heteroatoms. The van der Waals surface area contributed by atoms with Crippen molar-refractivity contribution in [3.8, 4) is 5.75 Å². The van der Waals surface area contributed by atoms with E-state index in [1.54, 1.807) is 6.07 Å².